The van der Waals surface area contributed by atoms with Gasteiger partial charge >= 0.3 is 6.09 Å². The number of hydrogen-bond acceptors (Lipinski definition) is 5. The molecule has 33 heavy (non-hydrogen) atoms. The highest BCUT2D eigenvalue weighted by Gasteiger charge is 2.27. The number of aromatic nitrogens is 1. The minimum atomic E-state index is -0.836. The summed E-state index contributed by atoms with van der Waals surface area (Å²) in [6, 6.07) is 8.09. The zero-order valence-corrected chi connectivity index (χ0v) is 18.9. The van der Waals surface area contributed by atoms with Crippen LogP contribution < -0.4 is 10.2 Å². The molecule has 3 aliphatic heterocycles. The van der Waals surface area contributed by atoms with E-state index in [0.717, 1.165) is 42.6 Å². The monoisotopic (exact) mass is 454 g/mol. The number of carboxylic acid groups (broad SMARTS) is 1. The molecule has 0 unspecified atom stereocenters. The van der Waals surface area contributed by atoms with E-state index in [-0.39, 0.29) is 11.5 Å². The molecule has 2 saturated heterocycles. The van der Waals surface area contributed by atoms with Crippen LogP contribution in [-0.2, 0) is 22.4 Å². The SMILES string of the molecule is Cc1c2n(c(OC[C@@H]3COCCO3)cc1=O)CCc1cc(C3CCN(C(=O)O)CC3)ccc1-2. The standard InChI is InChI=1S/C25H30N2O6/c1-16-22(28)13-23(33-15-20-14-31-10-11-32-20)27-9-6-19-12-18(2-3-21(19)24(16)27)17-4-7-26(8-5-17)25(29)30/h2-3,12-13,17,20H,4-11,14-15H2,1H3,(H,29,30)/t20-/m0/s1. The summed E-state index contributed by atoms with van der Waals surface area (Å²) in [7, 11) is 0. The van der Waals surface area contributed by atoms with Gasteiger partial charge in [0.1, 0.15) is 12.7 Å². The molecule has 1 amide bonds. The quantitative estimate of drug-likeness (QED) is 0.764. The molecule has 8 heteroatoms. The van der Waals surface area contributed by atoms with Crippen molar-refractivity contribution in [2.24, 2.45) is 0 Å². The number of piperidine rings is 1. The summed E-state index contributed by atoms with van der Waals surface area (Å²) in [5, 5.41) is 9.20. The number of benzene rings is 1. The van der Waals surface area contributed by atoms with Gasteiger partial charge in [0.25, 0.3) is 0 Å². The number of nitrogens with zero attached hydrogens (tertiary/aromatic N) is 2. The number of carbonyl (C=O) groups is 1. The minimum absolute atomic E-state index is 0.0324. The number of amides is 1. The van der Waals surface area contributed by atoms with Crippen LogP contribution in [0.15, 0.2) is 29.1 Å². The average molecular weight is 455 g/mol. The van der Waals surface area contributed by atoms with Crippen LogP contribution in [0, 0.1) is 6.92 Å². The molecule has 0 radical (unpaired) electrons. The van der Waals surface area contributed by atoms with Crippen LogP contribution in [-0.4, -0.2) is 66.3 Å². The number of pyridine rings is 1. The van der Waals surface area contributed by atoms with Gasteiger partial charge in [0.15, 0.2) is 11.3 Å². The van der Waals surface area contributed by atoms with Gasteiger partial charge < -0.3 is 28.8 Å². The van der Waals surface area contributed by atoms with E-state index >= 15 is 0 Å². The largest absolute Gasteiger partial charge is 0.476 e. The van der Waals surface area contributed by atoms with Crippen LogP contribution >= 0.6 is 0 Å². The van der Waals surface area contributed by atoms with Gasteiger partial charge in [-0.15, -0.1) is 0 Å². The Morgan fingerprint density at radius 1 is 1.18 bits per heavy atom. The Balaban J connectivity index is 1.40. The van der Waals surface area contributed by atoms with E-state index < -0.39 is 6.09 Å². The highest BCUT2D eigenvalue weighted by Crippen LogP contribution is 2.37. The van der Waals surface area contributed by atoms with E-state index in [9.17, 15) is 14.7 Å². The fourth-order valence-corrected chi connectivity index (χ4v) is 5.17. The zero-order chi connectivity index (χ0) is 22.9. The molecule has 0 spiro atoms. The van der Waals surface area contributed by atoms with E-state index in [1.807, 2.05) is 6.92 Å². The molecule has 3 aliphatic rings. The van der Waals surface area contributed by atoms with Crippen LogP contribution in [0.3, 0.4) is 0 Å². The van der Waals surface area contributed by atoms with Crippen molar-refractivity contribution in [3.8, 4) is 17.1 Å². The lowest BCUT2D eigenvalue weighted by Crippen LogP contribution is -2.36. The van der Waals surface area contributed by atoms with Gasteiger partial charge in [-0.25, -0.2) is 4.79 Å². The summed E-state index contributed by atoms with van der Waals surface area (Å²) in [5.41, 5.74) is 5.18. The zero-order valence-electron chi connectivity index (χ0n) is 18.9. The topological polar surface area (TPSA) is 90.2 Å². The second kappa shape index (κ2) is 9.19. The molecule has 1 atom stereocenters. The molecule has 0 saturated carbocycles. The Bertz CT molecular complexity index is 1100. The molecule has 2 fully saturated rings. The summed E-state index contributed by atoms with van der Waals surface area (Å²) in [6.45, 7) is 5.78. The van der Waals surface area contributed by atoms with Gasteiger partial charge in [0, 0.05) is 36.8 Å². The number of ether oxygens (including phenoxy) is 3. The highest BCUT2D eigenvalue weighted by molar-refractivity contribution is 5.70. The van der Waals surface area contributed by atoms with Crippen molar-refractivity contribution in [3.63, 3.8) is 0 Å². The molecule has 4 heterocycles. The summed E-state index contributed by atoms with van der Waals surface area (Å²) in [5.74, 6) is 0.939. The molecule has 2 aromatic rings. The summed E-state index contributed by atoms with van der Waals surface area (Å²) >= 11 is 0. The second-order valence-electron chi connectivity index (χ2n) is 9.06. The Kier molecular flexibility index (Phi) is 6.12. The normalized spacial score (nSPS) is 20.8. The number of aryl methyl sites for hydroxylation is 1. The lowest BCUT2D eigenvalue weighted by Gasteiger charge is -2.32. The third kappa shape index (κ3) is 4.37. The van der Waals surface area contributed by atoms with Crippen LogP contribution in [0.25, 0.3) is 11.3 Å². The van der Waals surface area contributed by atoms with E-state index in [1.54, 1.807) is 6.07 Å². The average Bonchev–Trinajstić information content (AvgIpc) is 2.85. The first-order valence-corrected chi connectivity index (χ1v) is 11.7. The molecule has 0 bridgehead atoms. The molecule has 5 rings (SSSR count). The molecular formula is C25H30N2O6. The van der Waals surface area contributed by atoms with Crippen molar-refractivity contribution in [2.75, 3.05) is 39.5 Å². The van der Waals surface area contributed by atoms with Gasteiger partial charge in [-0.3, -0.25) is 4.79 Å². The molecular weight excluding hydrogens is 424 g/mol. The smallest absolute Gasteiger partial charge is 0.407 e. The predicted octanol–water partition coefficient (Wildman–Crippen LogP) is 3.03. The third-order valence-corrected chi connectivity index (χ3v) is 7.04. The van der Waals surface area contributed by atoms with Crippen LogP contribution in [0.2, 0.25) is 0 Å². The lowest BCUT2D eigenvalue weighted by molar-refractivity contribution is -0.102. The maximum absolute atomic E-state index is 12.8. The van der Waals surface area contributed by atoms with Crippen LogP contribution in [0.4, 0.5) is 4.79 Å². The van der Waals surface area contributed by atoms with E-state index in [1.165, 1.54) is 16.0 Å². The van der Waals surface area contributed by atoms with E-state index in [0.29, 0.717) is 51.3 Å². The molecule has 8 nitrogen and oxygen atoms in total. The molecule has 1 N–H and O–H groups in total. The van der Waals surface area contributed by atoms with Crippen molar-refractivity contribution >= 4 is 6.09 Å². The third-order valence-electron chi connectivity index (χ3n) is 7.04. The highest BCUT2D eigenvalue weighted by atomic mass is 16.6. The Morgan fingerprint density at radius 3 is 2.73 bits per heavy atom. The van der Waals surface area contributed by atoms with Crippen molar-refractivity contribution < 1.29 is 24.1 Å². The first-order chi connectivity index (χ1) is 16.0. The first kappa shape index (κ1) is 22.0. The maximum Gasteiger partial charge on any atom is 0.407 e. The Labute approximate surface area is 192 Å². The van der Waals surface area contributed by atoms with Gasteiger partial charge in [0.2, 0.25) is 0 Å². The predicted molar refractivity (Wildman–Crippen MR) is 122 cm³/mol. The van der Waals surface area contributed by atoms with E-state index in [4.69, 9.17) is 14.2 Å². The lowest BCUT2D eigenvalue weighted by atomic mass is 9.85. The number of hydrogen-bond donors (Lipinski definition) is 1. The first-order valence-electron chi connectivity index (χ1n) is 11.7. The molecule has 176 valence electrons. The van der Waals surface area contributed by atoms with E-state index in [2.05, 4.69) is 22.8 Å². The number of likely N-dealkylation sites (tertiary alicyclic amines) is 1. The van der Waals surface area contributed by atoms with Crippen molar-refractivity contribution in [1.29, 1.82) is 0 Å². The van der Waals surface area contributed by atoms with Crippen molar-refractivity contribution in [3.05, 3.63) is 51.2 Å². The minimum Gasteiger partial charge on any atom is -0.476 e. The second-order valence-corrected chi connectivity index (χ2v) is 9.06. The number of fused-ring (bicyclic) bond motifs is 3. The fourth-order valence-electron chi connectivity index (χ4n) is 5.17. The summed E-state index contributed by atoms with van der Waals surface area (Å²) < 4.78 is 19.3. The van der Waals surface area contributed by atoms with Gasteiger partial charge in [0.05, 0.1) is 25.5 Å². The Morgan fingerprint density at radius 2 is 2.00 bits per heavy atom. The van der Waals surface area contributed by atoms with Crippen LogP contribution in [0.1, 0.15) is 35.4 Å². The van der Waals surface area contributed by atoms with Crippen molar-refractivity contribution in [2.45, 2.75) is 44.8 Å². The molecule has 1 aromatic carbocycles. The van der Waals surface area contributed by atoms with Crippen molar-refractivity contribution in [1.82, 2.24) is 9.47 Å². The molecule has 0 aliphatic carbocycles. The summed E-state index contributed by atoms with van der Waals surface area (Å²) in [4.78, 5) is 25.5. The maximum atomic E-state index is 12.8. The molecule has 1 aromatic heterocycles. The number of rotatable bonds is 4. The Hall–Kier alpha value is -2.84. The van der Waals surface area contributed by atoms with Gasteiger partial charge in [-0.05, 0) is 43.2 Å². The van der Waals surface area contributed by atoms with Gasteiger partial charge in [-0.2, -0.15) is 0 Å². The fraction of sp³-hybridized carbons (Fsp3) is 0.520. The van der Waals surface area contributed by atoms with Crippen LogP contribution in [0.5, 0.6) is 5.88 Å². The summed E-state index contributed by atoms with van der Waals surface area (Å²) in [6.07, 6.45) is 1.57. The van der Waals surface area contributed by atoms with Gasteiger partial charge in [-0.1, -0.05) is 18.2 Å².